The van der Waals surface area contributed by atoms with Gasteiger partial charge in [-0.15, -0.1) is 0 Å². The molecule has 1 atom stereocenters. The van der Waals surface area contributed by atoms with Crippen LogP contribution in [-0.2, 0) is 0 Å². The quantitative estimate of drug-likeness (QED) is 0.327. The molecule has 0 spiro atoms. The van der Waals surface area contributed by atoms with Gasteiger partial charge in [0, 0.05) is 37.3 Å². The molecule has 0 aliphatic carbocycles. The smallest absolute Gasteiger partial charge is 0.369 e. The van der Waals surface area contributed by atoms with Crippen LogP contribution in [0.5, 0.6) is 0 Å². The van der Waals surface area contributed by atoms with Crippen molar-refractivity contribution in [2.24, 2.45) is 0 Å². The minimum atomic E-state index is -3.30. The van der Waals surface area contributed by atoms with Gasteiger partial charge in [-0.05, 0) is 55.5 Å². The Morgan fingerprint density at radius 2 is 1.89 bits per heavy atom. The number of amides is 1. The summed E-state index contributed by atoms with van der Waals surface area (Å²) in [5.41, 5.74) is 1.28. The van der Waals surface area contributed by atoms with Crippen LogP contribution in [0.4, 0.5) is 10.1 Å². The van der Waals surface area contributed by atoms with Crippen LogP contribution in [0.1, 0.15) is 41.4 Å². The van der Waals surface area contributed by atoms with Crippen molar-refractivity contribution in [2.75, 3.05) is 31.1 Å². The molecule has 2 aliphatic rings. The average Bonchev–Trinajstić information content (AvgIpc) is 3.33. The third-order valence-corrected chi connectivity index (χ3v) is 7.11. The number of anilines is 1. The van der Waals surface area contributed by atoms with Crippen LogP contribution in [0.3, 0.4) is 0 Å². The van der Waals surface area contributed by atoms with Gasteiger partial charge in [-0.3, -0.25) is 19.8 Å². The second-order valence-electron chi connectivity index (χ2n) is 9.45. The number of carbonyl (C=O) groups excluding carboxylic acids is 1. The zero-order valence-corrected chi connectivity index (χ0v) is 19.5. The van der Waals surface area contributed by atoms with Crippen molar-refractivity contribution >= 4 is 22.4 Å². The number of aromatic amines is 1. The largest absolute Gasteiger partial charge is 0.370 e. The predicted octanol–water partition coefficient (Wildman–Crippen LogP) is 0.838. The molecule has 3 aromatic rings. The van der Waals surface area contributed by atoms with Crippen LogP contribution in [0.2, 0.25) is 0 Å². The van der Waals surface area contributed by atoms with E-state index in [1.807, 2.05) is 6.07 Å². The van der Waals surface area contributed by atoms with E-state index in [0.29, 0.717) is 11.4 Å². The fraction of sp³-hybridized carbons (Fsp3) is 0.400. The van der Waals surface area contributed by atoms with Crippen molar-refractivity contribution in [3.05, 3.63) is 70.2 Å². The Labute approximate surface area is 206 Å². The Morgan fingerprint density at radius 3 is 2.58 bits per heavy atom. The minimum Gasteiger partial charge on any atom is -0.370 e. The number of piperidine rings is 1. The monoisotopic (exact) mass is 497 g/mol. The van der Waals surface area contributed by atoms with E-state index in [1.165, 1.54) is 12.1 Å². The van der Waals surface area contributed by atoms with Crippen molar-refractivity contribution in [1.29, 1.82) is 0 Å². The number of hydrogen-bond donors (Lipinski definition) is 5. The van der Waals surface area contributed by atoms with Gasteiger partial charge in [0.2, 0.25) is 0 Å². The van der Waals surface area contributed by atoms with E-state index >= 15 is 0 Å². The highest BCUT2D eigenvalue weighted by molar-refractivity contribution is 5.92. The normalized spacial score (nSPS) is 19.7. The lowest BCUT2D eigenvalue weighted by molar-refractivity contribution is -0.323. The lowest BCUT2D eigenvalue weighted by Gasteiger charge is -2.37. The van der Waals surface area contributed by atoms with Crippen LogP contribution < -0.4 is 15.8 Å². The predicted molar refractivity (Wildman–Crippen MR) is 130 cm³/mol. The molecule has 1 amide bonds. The third kappa shape index (κ3) is 5.09. The molecule has 0 saturated carbocycles. The second-order valence-corrected chi connectivity index (χ2v) is 9.45. The maximum Gasteiger partial charge on any atom is 0.369 e. The number of rotatable bonds is 5. The number of fused-ring (bicyclic) bond motifs is 1. The molecule has 36 heavy (non-hydrogen) atoms. The Kier molecular flexibility index (Phi) is 6.47. The van der Waals surface area contributed by atoms with Crippen LogP contribution in [0.25, 0.3) is 10.8 Å². The van der Waals surface area contributed by atoms with E-state index in [4.69, 9.17) is 15.3 Å². The summed E-state index contributed by atoms with van der Waals surface area (Å²) in [5.74, 6) is -1.22. The molecular formula is C25H28FN5O5. The first-order chi connectivity index (χ1) is 17.2. The summed E-state index contributed by atoms with van der Waals surface area (Å²) < 4.78 is 14.0. The second kappa shape index (κ2) is 9.58. The highest BCUT2D eigenvalue weighted by Gasteiger charge is 2.32. The number of carbonyl (C=O) groups is 1. The van der Waals surface area contributed by atoms with Crippen molar-refractivity contribution in [2.45, 2.75) is 37.3 Å². The van der Waals surface area contributed by atoms with Crippen LogP contribution >= 0.6 is 0 Å². The first kappa shape index (κ1) is 24.3. The average molecular weight is 498 g/mol. The molecule has 4 heterocycles. The fourth-order valence-corrected chi connectivity index (χ4v) is 5.30. The molecule has 1 aromatic carbocycles. The molecule has 10 nitrogen and oxygen atoms in total. The van der Waals surface area contributed by atoms with E-state index < -0.39 is 17.8 Å². The SMILES string of the molecule is O=C(NC(O)(O)O)c1ccc(N2CCC(N3CCC(c4cc5cccc(F)c5c(=O)[nH]4)C3)CC2)cn1. The highest BCUT2D eigenvalue weighted by atomic mass is 19.1. The van der Waals surface area contributed by atoms with Crippen molar-refractivity contribution < 1.29 is 24.5 Å². The number of pyridine rings is 2. The Hall–Kier alpha value is -3.38. The van der Waals surface area contributed by atoms with Gasteiger partial charge in [-0.2, -0.15) is 0 Å². The number of aromatic nitrogens is 2. The van der Waals surface area contributed by atoms with Gasteiger partial charge in [0.25, 0.3) is 11.5 Å². The Balaban J connectivity index is 1.18. The van der Waals surface area contributed by atoms with E-state index in [9.17, 15) is 14.0 Å². The number of H-pyrrole nitrogens is 1. The van der Waals surface area contributed by atoms with Crippen LogP contribution in [-0.4, -0.2) is 74.4 Å². The van der Waals surface area contributed by atoms with Gasteiger partial charge >= 0.3 is 6.10 Å². The lowest BCUT2D eigenvalue weighted by atomic mass is 10.0. The number of aliphatic hydroxyl groups is 3. The summed E-state index contributed by atoms with van der Waals surface area (Å²) in [6.45, 7) is 3.41. The van der Waals surface area contributed by atoms with Gasteiger partial charge in [0.15, 0.2) is 0 Å². The van der Waals surface area contributed by atoms with Gasteiger partial charge in [0.1, 0.15) is 11.5 Å². The number of likely N-dealkylation sites (tertiary alicyclic amines) is 1. The van der Waals surface area contributed by atoms with E-state index in [0.717, 1.165) is 56.8 Å². The summed E-state index contributed by atoms with van der Waals surface area (Å²) in [6.07, 6.45) is 1.09. The minimum absolute atomic E-state index is 0.0484. The molecule has 2 aliphatic heterocycles. The number of halogens is 1. The molecule has 5 N–H and O–H groups in total. The van der Waals surface area contributed by atoms with Gasteiger partial charge in [0.05, 0.1) is 17.3 Å². The lowest BCUT2D eigenvalue weighted by Crippen LogP contribution is -2.48. The first-order valence-electron chi connectivity index (χ1n) is 11.9. The summed E-state index contributed by atoms with van der Waals surface area (Å²) in [6, 6.07) is 10.2. The highest BCUT2D eigenvalue weighted by Crippen LogP contribution is 2.31. The maximum atomic E-state index is 14.0. The van der Waals surface area contributed by atoms with Crippen LogP contribution in [0, 0.1) is 5.82 Å². The first-order valence-corrected chi connectivity index (χ1v) is 11.9. The number of nitrogens with zero attached hydrogens (tertiary/aromatic N) is 3. The molecule has 0 radical (unpaired) electrons. The van der Waals surface area contributed by atoms with Gasteiger partial charge in [-0.25, -0.2) is 9.37 Å². The molecule has 11 heteroatoms. The molecule has 1 unspecified atom stereocenters. The standard InChI is InChI=1S/C25H28FN5O5/c26-19-3-1-2-15-12-21(28-24(33)22(15)19)16-6-9-31(14-16)17-7-10-30(11-8-17)18-4-5-20(27-13-18)23(32)29-25(34,35)36/h1-5,12-13,16-17,34-36H,6-11,14H2,(H,28,33)(H,29,32). The molecular weight excluding hydrogens is 469 g/mol. The summed E-state index contributed by atoms with van der Waals surface area (Å²) in [7, 11) is 0. The summed E-state index contributed by atoms with van der Waals surface area (Å²) >= 11 is 0. The van der Waals surface area contributed by atoms with Crippen molar-refractivity contribution in [3.8, 4) is 0 Å². The topological polar surface area (TPSA) is 142 Å². The van der Waals surface area contributed by atoms with Crippen LogP contribution in [0.15, 0.2) is 47.4 Å². The molecule has 5 rings (SSSR count). The Bertz CT molecular complexity index is 1320. The van der Waals surface area contributed by atoms with Crippen molar-refractivity contribution in [3.63, 3.8) is 0 Å². The van der Waals surface area contributed by atoms with E-state index in [2.05, 4.69) is 19.8 Å². The van der Waals surface area contributed by atoms with E-state index in [1.54, 1.807) is 29.7 Å². The van der Waals surface area contributed by atoms with Crippen molar-refractivity contribution in [1.82, 2.24) is 20.2 Å². The summed E-state index contributed by atoms with van der Waals surface area (Å²) in [5, 5.41) is 29.0. The molecule has 2 saturated heterocycles. The molecule has 190 valence electrons. The van der Waals surface area contributed by atoms with Gasteiger partial charge < -0.3 is 25.2 Å². The third-order valence-electron chi connectivity index (χ3n) is 7.11. The Morgan fingerprint density at radius 1 is 1.11 bits per heavy atom. The molecule has 2 aromatic heterocycles. The fourth-order valence-electron chi connectivity index (χ4n) is 5.30. The zero-order valence-electron chi connectivity index (χ0n) is 19.5. The van der Waals surface area contributed by atoms with E-state index in [-0.39, 0.29) is 22.6 Å². The molecule has 0 bridgehead atoms. The number of hydrogen-bond acceptors (Lipinski definition) is 8. The van der Waals surface area contributed by atoms with Gasteiger partial charge in [-0.1, -0.05) is 12.1 Å². The maximum absolute atomic E-state index is 14.0. The molecule has 2 fully saturated rings. The zero-order chi connectivity index (χ0) is 25.4. The summed E-state index contributed by atoms with van der Waals surface area (Å²) in [4.78, 5) is 35.9. The number of nitrogens with one attached hydrogen (secondary N) is 2. The number of benzene rings is 1.